The monoisotopic (exact) mass is 207 g/mol. The minimum absolute atomic E-state index is 1.04. The van der Waals surface area contributed by atoms with Crippen LogP contribution in [0.2, 0.25) is 0 Å². The van der Waals surface area contributed by atoms with E-state index in [1.54, 1.807) is 11.8 Å². The molecule has 0 heterocycles. The molecule has 0 saturated carbocycles. The Balaban J connectivity index is 2.53. The molecule has 1 aromatic carbocycles. The molecule has 76 valence electrons. The van der Waals surface area contributed by atoms with Crippen LogP contribution in [0, 0.1) is 0 Å². The van der Waals surface area contributed by atoms with Crippen LogP contribution in [-0.4, -0.2) is 19.8 Å². The van der Waals surface area contributed by atoms with Gasteiger partial charge in [0.1, 0.15) is 0 Å². The molecule has 1 rings (SSSR count). The fourth-order valence-electron chi connectivity index (χ4n) is 1.19. The van der Waals surface area contributed by atoms with Crippen LogP contribution in [0.5, 0.6) is 0 Å². The van der Waals surface area contributed by atoms with Gasteiger partial charge in [-0.15, -0.1) is 11.8 Å². The topological polar surface area (TPSA) is 12.0 Å². The normalized spacial score (nSPS) is 11.0. The molecule has 0 saturated heterocycles. The first-order valence-corrected chi connectivity index (χ1v) is 6.04. The van der Waals surface area contributed by atoms with E-state index in [0.29, 0.717) is 0 Å². The molecule has 1 N–H and O–H groups in total. The van der Waals surface area contributed by atoms with Crippen molar-refractivity contribution < 1.29 is 0 Å². The number of nitrogens with one attached hydrogen (secondary N) is 1. The van der Waals surface area contributed by atoms with Crippen molar-refractivity contribution in [2.45, 2.75) is 11.3 Å². The van der Waals surface area contributed by atoms with E-state index in [9.17, 15) is 0 Å². The quantitative estimate of drug-likeness (QED) is 0.588. The maximum absolute atomic E-state index is 3.12. The molecule has 1 aromatic rings. The van der Waals surface area contributed by atoms with Gasteiger partial charge in [-0.25, -0.2) is 0 Å². The predicted molar refractivity (Wildman–Crippen MR) is 65.8 cm³/mol. The minimum Gasteiger partial charge on any atom is -0.319 e. The lowest BCUT2D eigenvalue weighted by molar-refractivity contribution is 0.809. The summed E-state index contributed by atoms with van der Waals surface area (Å²) in [6.07, 6.45) is 7.57. The highest BCUT2D eigenvalue weighted by molar-refractivity contribution is 7.98. The lowest BCUT2D eigenvalue weighted by Gasteiger charge is -1.97. The van der Waals surface area contributed by atoms with E-state index in [-0.39, 0.29) is 0 Å². The summed E-state index contributed by atoms with van der Waals surface area (Å²) in [5.74, 6) is 0. The van der Waals surface area contributed by atoms with Crippen molar-refractivity contribution in [2.24, 2.45) is 0 Å². The van der Waals surface area contributed by atoms with Crippen LogP contribution in [0.3, 0.4) is 0 Å². The number of rotatable bonds is 5. The Morgan fingerprint density at radius 3 is 3.00 bits per heavy atom. The number of benzene rings is 1. The van der Waals surface area contributed by atoms with Gasteiger partial charge in [-0.2, -0.15) is 0 Å². The maximum Gasteiger partial charge on any atom is 0.00750 e. The van der Waals surface area contributed by atoms with E-state index in [1.807, 2.05) is 7.05 Å². The lowest BCUT2D eigenvalue weighted by Crippen LogP contribution is -2.05. The summed E-state index contributed by atoms with van der Waals surface area (Å²) in [7, 11) is 1.97. The van der Waals surface area contributed by atoms with Gasteiger partial charge in [0, 0.05) is 4.90 Å². The highest BCUT2D eigenvalue weighted by Crippen LogP contribution is 2.16. The molecular weight excluding hydrogens is 190 g/mol. The van der Waals surface area contributed by atoms with Gasteiger partial charge in [0.05, 0.1) is 0 Å². The SMILES string of the molecule is CNCCC=Cc1cccc(SC)c1. The number of thioether (sulfide) groups is 1. The number of hydrogen-bond acceptors (Lipinski definition) is 2. The molecule has 0 bridgehead atoms. The molecule has 0 amide bonds. The Bertz CT molecular complexity index is 294. The molecule has 1 nitrogen and oxygen atoms in total. The first-order chi connectivity index (χ1) is 6.86. The summed E-state index contributed by atoms with van der Waals surface area (Å²) in [5.41, 5.74) is 1.29. The Morgan fingerprint density at radius 2 is 2.29 bits per heavy atom. The highest BCUT2D eigenvalue weighted by Gasteiger charge is 1.89. The standard InChI is InChI=1S/C12H17NS/c1-13-9-4-3-6-11-7-5-8-12(10-11)14-2/h3,5-8,10,13H,4,9H2,1-2H3. The summed E-state index contributed by atoms with van der Waals surface area (Å²) in [6.45, 7) is 1.04. The minimum atomic E-state index is 1.04. The van der Waals surface area contributed by atoms with Crippen molar-refractivity contribution in [3.8, 4) is 0 Å². The van der Waals surface area contributed by atoms with Crippen LogP contribution in [0.25, 0.3) is 6.08 Å². The van der Waals surface area contributed by atoms with E-state index in [0.717, 1.165) is 13.0 Å². The smallest absolute Gasteiger partial charge is 0.00750 e. The molecule has 0 unspecified atom stereocenters. The second-order valence-electron chi connectivity index (χ2n) is 3.07. The van der Waals surface area contributed by atoms with E-state index in [2.05, 4.69) is 48.0 Å². The van der Waals surface area contributed by atoms with Crippen molar-refractivity contribution in [3.63, 3.8) is 0 Å². The zero-order chi connectivity index (χ0) is 10.2. The van der Waals surface area contributed by atoms with Gasteiger partial charge in [-0.3, -0.25) is 0 Å². The molecule has 0 spiro atoms. The summed E-state index contributed by atoms with van der Waals surface area (Å²) < 4.78 is 0. The zero-order valence-electron chi connectivity index (χ0n) is 8.79. The third kappa shape index (κ3) is 3.99. The zero-order valence-corrected chi connectivity index (χ0v) is 9.60. The molecule has 0 atom stereocenters. The van der Waals surface area contributed by atoms with Crippen LogP contribution in [0.1, 0.15) is 12.0 Å². The first-order valence-electron chi connectivity index (χ1n) is 4.82. The summed E-state index contributed by atoms with van der Waals surface area (Å²) in [4.78, 5) is 1.32. The van der Waals surface area contributed by atoms with Gasteiger partial charge >= 0.3 is 0 Å². The Morgan fingerprint density at radius 1 is 1.43 bits per heavy atom. The molecule has 2 heteroatoms. The van der Waals surface area contributed by atoms with Crippen molar-refractivity contribution in [2.75, 3.05) is 19.8 Å². The summed E-state index contributed by atoms with van der Waals surface area (Å²) in [5, 5.41) is 3.12. The fraction of sp³-hybridized carbons (Fsp3) is 0.333. The highest BCUT2D eigenvalue weighted by atomic mass is 32.2. The molecule has 0 aliphatic rings. The molecule has 0 aliphatic heterocycles. The van der Waals surface area contributed by atoms with Crippen LogP contribution in [-0.2, 0) is 0 Å². The molecule has 0 fully saturated rings. The third-order valence-corrected chi connectivity index (χ3v) is 2.69. The molecule has 14 heavy (non-hydrogen) atoms. The third-order valence-electron chi connectivity index (χ3n) is 1.97. The summed E-state index contributed by atoms with van der Waals surface area (Å²) >= 11 is 1.78. The van der Waals surface area contributed by atoms with E-state index in [1.165, 1.54) is 10.5 Å². The summed E-state index contributed by atoms with van der Waals surface area (Å²) in [6, 6.07) is 8.58. The van der Waals surface area contributed by atoms with Crippen molar-refractivity contribution in [1.29, 1.82) is 0 Å². The molecule has 0 aromatic heterocycles. The van der Waals surface area contributed by atoms with Crippen LogP contribution in [0.4, 0.5) is 0 Å². The van der Waals surface area contributed by atoms with Crippen molar-refractivity contribution >= 4 is 17.8 Å². The second-order valence-corrected chi connectivity index (χ2v) is 3.95. The molecule has 0 aliphatic carbocycles. The fourth-order valence-corrected chi connectivity index (χ4v) is 1.66. The first kappa shape index (κ1) is 11.3. The predicted octanol–water partition coefficient (Wildman–Crippen LogP) is 3.03. The maximum atomic E-state index is 3.12. The van der Waals surface area contributed by atoms with Gasteiger partial charge < -0.3 is 5.32 Å². The second kappa shape index (κ2) is 6.68. The van der Waals surface area contributed by atoms with E-state index < -0.39 is 0 Å². The van der Waals surface area contributed by atoms with E-state index in [4.69, 9.17) is 0 Å². The van der Waals surface area contributed by atoms with Crippen molar-refractivity contribution in [1.82, 2.24) is 5.32 Å². The Kier molecular flexibility index (Phi) is 5.42. The molecular formula is C12H17NS. The average molecular weight is 207 g/mol. The lowest BCUT2D eigenvalue weighted by atomic mass is 10.2. The van der Waals surface area contributed by atoms with E-state index >= 15 is 0 Å². The van der Waals surface area contributed by atoms with Crippen molar-refractivity contribution in [3.05, 3.63) is 35.9 Å². The Labute approximate surface area is 90.6 Å². The number of hydrogen-bond donors (Lipinski definition) is 1. The van der Waals surface area contributed by atoms with Gasteiger partial charge in [-0.05, 0) is 44.0 Å². The van der Waals surface area contributed by atoms with Crippen LogP contribution < -0.4 is 5.32 Å². The van der Waals surface area contributed by atoms with Gasteiger partial charge in [-0.1, -0.05) is 24.3 Å². The Hall–Kier alpha value is -0.730. The van der Waals surface area contributed by atoms with Gasteiger partial charge in [0.25, 0.3) is 0 Å². The van der Waals surface area contributed by atoms with Crippen LogP contribution >= 0.6 is 11.8 Å². The van der Waals surface area contributed by atoms with Gasteiger partial charge in [0.2, 0.25) is 0 Å². The largest absolute Gasteiger partial charge is 0.319 e. The van der Waals surface area contributed by atoms with Gasteiger partial charge in [0.15, 0.2) is 0 Å². The molecule has 0 radical (unpaired) electrons. The average Bonchev–Trinajstić information content (AvgIpc) is 2.25. The van der Waals surface area contributed by atoms with Crippen LogP contribution in [0.15, 0.2) is 35.2 Å².